The monoisotopic (exact) mass is 297 g/mol. The largest absolute Gasteiger partial charge is 0.454 e. The molecule has 0 bridgehead atoms. The van der Waals surface area contributed by atoms with Crippen molar-refractivity contribution in [2.75, 3.05) is 13.3 Å². The highest BCUT2D eigenvalue weighted by molar-refractivity contribution is 6.24. The zero-order valence-electron chi connectivity index (χ0n) is 12.0. The molecule has 22 heavy (non-hydrogen) atoms. The van der Waals surface area contributed by atoms with Gasteiger partial charge in [-0.1, -0.05) is 6.08 Å². The van der Waals surface area contributed by atoms with Crippen LogP contribution >= 0.6 is 0 Å². The fourth-order valence-corrected chi connectivity index (χ4v) is 3.46. The first-order valence-corrected chi connectivity index (χ1v) is 7.24. The Morgan fingerprint density at radius 1 is 1.27 bits per heavy atom. The lowest BCUT2D eigenvalue weighted by Crippen LogP contribution is -2.53. The van der Waals surface area contributed by atoms with E-state index in [4.69, 9.17) is 9.47 Å². The number of Topliss-reactive ketones (excluding diaryl/α,β-unsaturated/α-hetero) is 1. The summed E-state index contributed by atoms with van der Waals surface area (Å²) in [6.07, 6.45) is 5.81. The number of carbonyl (C=O) groups excluding carboxylic acids is 2. The Labute approximate surface area is 127 Å². The van der Waals surface area contributed by atoms with E-state index >= 15 is 0 Å². The lowest BCUT2D eigenvalue weighted by atomic mass is 9.82. The molecular formula is C17H15NO4. The standard InChI is InChI=1S/C17H15NO4/c1-2-5-17-15(19)4-7-18(17)6-3-11-8-13-14(22-10-21-13)9-12(11)16(17)20/h2,4,7-9H,1,3,5-6,10H2. The summed E-state index contributed by atoms with van der Waals surface area (Å²) >= 11 is 0. The first-order chi connectivity index (χ1) is 10.7. The van der Waals surface area contributed by atoms with E-state index in [0.29, 0.717) is 36.4 Å². The normalized spacial score (nSPS) is 25.0. The molecule has 5 heteroatoms. The Morgan fingerprint density at radius 3 is 2.82 bits per heavy atom. The van der Waals surface area contributed by atoms with Crippen molar-refractivity contribution in [3.8, 4) is 11.5 Å². The second-order valence-electron chi connectivity index (χ2n) is 5.67. The molecule has 0 aliphatic carbocycles. The third kappa shape index (κ3) is 1.53. The number of carbonyl (C=O) groups is 2. The van der Waals surface area contributed by atoms with Crippen LogP contribution in [0.25, 0.3) is 0 Å². The zero-order valence-corrected chi connectivity index (χ0v) is 12.0. The van der Waals surface area contributed by atoms with Crippen LogP contribution in [0.15, 0.2) is 37.1 Å². The lowest BCUT2D eigenvalue weighted by molar-refractivity contribution is -0.120. The average molecular weight is 297 g/mol. The maximum Gasteiger partial charge on any atom is 0.231 e. The molecule has 5 nitrogen and oxygen atoms in total. The van der Waals surface area contributed by atoms with Gasteiger partial charge in [0.25, 0.3) is 0 Å². The molecule has 0 fully saturated rings. The molecule has 0 saturated heterocycles. The topological polar surface area (TPSA) is 55.8 Å². The summed E-state index contributed by atoms with van der Waals surface area (Å²) in [6.45, 7) is 4.49. The zero-order chi connectivity index (χ0) is 15.3. The summed E-state index contributed by atoms with van der Waals surface area (Å²) < 4.78 is 10.8. The third-order valence-corrected chi connectivity index (χ3v) is 4.58. The number of hydrogen-bond acceptors (Lipinski definition) is 5. The Kier molecular flexibility index (Phi) is 2.66. The maximum atomic E-state index is 13.2. The number of hydrogen-bond donors (Lipinski definition) is 0. The van der Waals surface area contributed by atoms with Gasteiger partial charge >= 0.3 is 0 Å². The Hall–Kier alpha value is -2.56. The second-order valence-corrected chi connectivity index (χ2v) is 5.67. The molecule has 3 heterocycles. The van der Waals surface area contributed by atoms with Crippen LogP contribution in [0.2, 0.25) is 0 Å². The molecule has 0 aromatic heterocycles. The maximum absolute atomic E-state index is 13.2. The SMILES string of the molecule is C=CCC12C(=O)C=CN1CCc1cc3c(cc1C2=O)OCO3. The highest BCUT2D eigenvalue weighted by Crippen LogP contribution is 2.41. The van der Waals surface area contributed by atoms with Crippen molar-refractivity contribution in [1.29, 1.82) is 0 Å². The molecule has 1 aromatic carbocycles. The van der Waals surface area contributed by atoms with E-state index in [-0.39, 0.29) is 18.4 Å². The van der Waals surface area contributed by atoms with Crippen molar-refractivity contribution >= 4 is 11.6 Å². The summed E-state index contributed by atoms with van der Waals surface area (Å²) in [5.41, 5.74) is 0.264. The highest BCUT2D eigenvalue weighted by Gasteiger charge is 2.52. The van der Waals surface area contributed by atoms with Crippen molar-refractivity contribution in [2.45, 2.75) is 18.4 Å². The fraction of sp³-hybridized carbons (Fsp3) is 0.294. The summed E-state index contributed by atoms with van der Waals surface area (Å²) in [5.74, 6) is 0.858. The molecule has 3 aliphatic rings. The number of fused-ring (bicyclic) bond motifs is 3. The van der Waals surface area contributed by atoms with Crippen LogP contribution < -0.4 is 9.47 Å². The molecule has 0 saturated carbocycles. The van der Waals surface area contributed by atoms with Gasteiger partial charge in [-0.15, -0.1) is 6.58 Å². The first kappa shape index (κ1) is 13.1. The minimum absolute atomic E-state index is 0.164. The van der Waals surface area contributed by atoms with Crippen molar-refractivity contribution in [3.63, 3.8) is 0 Å². The smallest absolute Gasteiger partial charge is 0.231 e. The number of ketones is 2. The van der Waals surface area contributed by atoms with Gasteiger partial charge in [0.15, 0.2) is 28.6 Å². The van der Waals surface area contributed by atoms with Gasteiger partial charge in [-0.2, -0.15) is 0 Å². The molecular weight excluding hydrogens is 282 g/mol. The average Bonchev–Trinajstić information content (AvgIpc) is 3.06. The van der Waals surface area contributed by atoms with Gasteiger partial charge in [0.05, 0.1) is 0 Å². The third-order valence-electron chi connectivity index (χ3n) is 4.58. The number of rotatable bonds is 2. The van der Waals surface area contributed by atoms with Gasteiger partial charge in [-0.25, -0.2) is 0 Å². The van der Waals surface area contributed by atoms with E-state index in [9.17, 15) is 9.59 Å². The Balaban J connectivity index is 1.89. The molecule has 0 N–H and O–H groups in total. The number of benzene rings is 1. The van der Waals surface area contributed by atoms with E-state index in [2.05, 4.69) is 6.58 Å². The van der Waals surface area contributed by atoms with Crippen LogP contribution in [-0.4, -0.2) is 35.3 Å². The van der Waals surface area contributed by atoms with E-state index in [0.717, 1.165) is 5.56 Å². The predicted octanol–water partition coefficient (Wildman–Crippen LogP) is 1.87. The van der Waals surface area contributed by atoms with Crippen LogP contribution in [0.3, 0.4) is 0 Å². The molecule has 1 aromatic rings. The van der Waals surface area contributed by atoms with Crippen molar-refractivity contribution in [2.24, 2.45) is 0 Å². The Bertz CT molecular complexity index is 736. The van der Waals surface area contributed by atoms with E-state index in [1.807, 2.05) is 11.0 Å². The molecule has 112 valence electrons. The summed E-state index contributed by atoms with van der Waals surface area (Å²) in [6, 6.07) is 3.56. The van der Waals surface area contributed by atoms with Crippen LogP contribution in [0, 0.1) is 0 Å². The minimum Gasteiger partial charge on any atom is -0.454 e. The highest BCUT2D eigenvalue weighted by atomic mass is 16.7. The molecule has 0 spiro atoms. The summed E-state index contributed by atoms with van der Waals surface area (Å²) in [4.78, 5) is 27.5. The van der Waals surface area contributed by atoms with Gasteiger partial charge in [0, 0.05) is 30.8 Å². The van der Waals surface area contributed by atoms with Crippen LogP contribution in [0.4, 0.5) is 0 Å². The van der Waals surface area contributed by atoms with Crippen LogP contribution in [-0.2, 0) is 11.2 Å². The molecule has 0 radical (unpaired) electrons. The predicted molar refractivity (Wildman–Crippen MR) is 79.0 cm³/mol. The summed E-state index contributed by atoms with van der Waals surface area (Å²) in [5, 5.41) is 0. The van der Waals surface area contributed by atoms with E-state index < -0.39 is 5.54 Å². The van der Waals surface area contributed by atoms with Gasteiger partial charge in [0.1, 0.15) is 0 Å². The van der Waals surface area contributed by atoms with Crippen LogP contribution in [0.5, 0.6) is 11.5 Å². The molecule has 0 amide bonds. The molecule has 1 unspecified atom stereocenters. The van der Waals surface area contributed by atoms with Crippen LogP contribution in [0.1, 0.15) is 22.3 Å². The van der Waals surface area contributed by atoms with Gasteiger partial charge in [0.2, 0.25) is 6.79 Å². The second kappa shape index (κ2) is 4.47. The van der Waals surface area contributed by atoms with Crippen molar-refractivity contribution < 1.29 is 19.1 Å². The molecule has 3 aliphatic heterocycles. The minimum atomic E-state index is -1.18. The van der Waals surface area contributed by atoms with Gasteiger partial charge in [-0.05, 0) is 24.1 Å². The van der Waals surface area contributed by atoms with Gasteiger partial charge in [-0.3, -0.25) is 9.59 Å². The molecule has 4 rings (SSSR count). The molecule has 1 atom stereocenters. The number of ether oxygens (including phenoxy) is 2. The lowest BCUT2D eigenvalue weighted by Gasteiger charge is -2.34. The summed E-state index contributed by atoms with van der Waals surface area (Å²) in [7, 11) is 0. The van der Waals surface area contributed by atoms with Crippen molar-refractivity contribution in [3.05, 3.63) is 48.2 Å². The fourth-order valence-electron chi connectivity index (χ4n) is 3.46. The van der Waals surface area contributed by atoms with Crippen molar-refractivity contribution in [1.82, 2.24) is 4.90 Å². The quantitative estimate of drug-likeness (QED) is 0.616. The van der Waals surface area contributed by atoms with Gasteiger partial charge < -0.3 is 14.4 Å². The number of nitrogens with zero attached hydrogens (tertiary/aromatic N) is 1. The van der Waals surface area contributed by atoms with E-state index in [1.54, 1.807) is 18.3 Å². The van der Waals surface area contributed by atoms with E-state index in [1.165, 1.54) is 6.08 Å². The first-order valence-electron chi connectivity index (χ1n) is 7.24. The Morgan fingerprint density at radius 2 is 2.05 bits per heavy atom.